The van der Waals surface area contributed by atoms with Gasteiger partial charge >= 0.3 is 0 Å². The number of nitrogens with zero attached hydrogens (tertiary/aromatic N) is 5. The number of hydrogen-bond donors (Lipinski definition) is 1. The first-order valence-electron chi connectivity index (χ1n) is 9.32. The average Bonchev–Trinajstić information content (AvgIpc) is 3.36. The molecular weight excluding hydrogens is 376 g/mol. The highest BCUT2D eigenvalue weighted by atomic mass is 32.1. The molecule has 3 aromatic heterocycles. The molecule has 9 heteroatoms. The first-order valence-corrected chi connectivity index (χ1v) is 10.2. The number of aryl methyl sites for hydroxylation is 3. The van der Waals surface area contributed by atoms with Crippen molar-refractivity contribution in [3.05, 3.63) is 50.6 Å². The van der Waals surface area contributed by atoms with Gasteiger partial charge < -0.3 is 14.4 Å². The zero-order valence-electron chi connectivity index (χ0n) is 16.5. The number of nitrogens with one attached hydrogen (secondary N) is 1. The maximum atomic E-state index is 12.8. The molecule has 0 fully saturated rings. The third-order valence-corrected chi connectivity index (χ3v) is 6.33. The SMILES string of the molecule is Cc1noc(C)c1CN1CCc2c(C(=O)NC(C)c3nncn3C)csc2C1. The lowest BCUT2D eigenvalue weighted by atomic mass is 10.0. The molecule has 1 unspecified atom stereocenters. The van der Waals surface area contributed by atoms with E-state index >= 15 is 0 Å². The molecule has 8 nitrogen and oxygen atoms in total. The summed E-state index contributed by atoms with van der Waals surface area (Å²) in [6, 6.07) is -0.199. The van der Waals surface area contributed by atoms with Gasteiger partial charge in [-0.3, -0.25) is 9.69 Å². The van der Waals surface area contributed by atoms with Crippen LogP contribution < -0.4 is 5.32 Å². The van der Waals surface area contributed by atoms with Crippen LogP contribution in [0.3, 0.4) is 0 Å². The van der Waals surface area contributed by atoms with E-state index in [1.807, 2.05) is 37.8 Å². The Morgan fingerprint density at radius 3 is 2.93 bits per heavy atom. The molecule has 28 heavy (non-hydrogen) atoms. The number of carbonyl (C=O) groups is 1. The summed E-state index contributed by atoms with van der Waals surface area (Å²) in [7, 11) is 1.87. The number of thiophene rings is 1. The van der Waals surface area contributed by atoms with Crippen LogP contribution in [-0.4, -0.2) is 37.3 Å². The van der Waals surface area contributed by atoms with Gasteiger partial charge in [-0.25, -0.2) is 0 Å². The van der Waals surface area contributed by atoms with Gasteiger partial charge in [0.25, 0.3) is 5.91 Å². The molecule has 0 spiro atoms. The predicted octanol–water partition coefficient (Wildman–Crippen LogP) is 2.53. The van der Waals surface area contributed by atoms with E-state index in [2.05, 4.69) is 25.6 Å². The van der Waals surface area contributed by atoms with Gasteiger partial charge in [-0.05, 0) is 32.8 Å². The monoisotopic (exact) mass is 400 g/mol. The van der Waals surface area contributed by atoms with Gasteiger partial charge in [0.1, 0.15) is 12.1 Å². The van der Waals surface area contributed by atoms with Gasteiger partial charge in [0, 0.05) is 42.5 Å². The Kier molecular flexibility index (Phi) is 5.03. The first-order chi connectivity index (χ1) is 13.4. The van der Waals surface area contributed by atoms with Gasteiger partial charge in [-0.1, -0.05) is 5.16 Å². The number of hydrogen-bond acceptors (Lipinski definition) is 7. The molecule has 0 saturated carbocycles. The summed E-state index contributed by atoms with van der Waals surface area (Å²) in [5.74, 6) is 1.57. The first kappa shape index (κ1) is 18.8. The van der Waals surface area contributed by atoms with E-state index < -0.39 is 0 Å². The molecule has 148 valence electrons. The molecule has 1 aliphatic rings. The maximum absolute atomic E-state index is 12.8. The topological polar surface area (TPSA) is 89.1 Å². The fourth-order valence-corrected chi connectivity index (χ4v) is 4.80. The van der Waals surface area contributed by atoms with Crippen LogP contribution >= 0.6 is 11.3 Å². The minimum atomic E-state index is -0.199. The Labute approximate surface area is 167 Å². The average molecular weight is 401 g/mol. The molecule has 4 rings (SSSR count). The second-order valence-electron chi connectivity index (χ2n) is 7.31. The third-order valence-electron chi connectivity index (χ3n) is 5.31. The third kappa shape index (κ3) is 3.47. The van der Waals surface area contributed by atoms with Crippen molar-refractivity contribution in [2.45, 2.75) is 46.3 Å². The molecule has 3 aromatic rings. The highest BCUT2D eigenvalue weighted by Crippen LogP contribution is 2.30. The van der Waals surface area contributed by atoms with E-state index in [1.165, 1.54) is 10.4 Å². The van der Waals surface area contributed by atoms with Crippen LogP contribution in [0.5, 0.6) is 0 Å². The lowest BCUT2D eigenvalue weighted by Crippen LogP contribution is -2.32. The molecule has 0 aromatic carbocycles. The number of carbonyl (C=O) groups excluding carboxylic acids is 1. The van der Waals surface area contributed by atoms with E-state index in [9.17, 15) is 4.79 Å². The number of rotatable bonds is 5. The van der Waals surface area contributed by atoms with E-state index in [0.717, 1.165) is 54.5 Å². The summed E-state index contributed by atoms with van der Waals surface area (Å²) in [6.07, 6.45) is 2.50. The summed E-state index contributed by atoms with van der Waals surface area (Å²) in [6.45, 7) is 8.43. The second-order valence-corrected chi connectivity index (χ2v) is 8.27. The molecule has 1 aliphatic heterocycles. The molecular formula is C19H24N6O2S. The standard InChI is InChI=1S/C19H24N6O2S/c1-11-15(13(3)27-23-11)7-25-6-5-14-16(9-28-17(14)8-25)19(26)21-12(2)18-22-20-10-24(18)4/h9-10,12H,5-8H2,1-4H3,(H,21,26). The molecule has 0 saturated heterocycles. The van der Waals surface area contributed by atoms with Crippen molar-refractivity contribution in [3.63, 3.8) is 0 Å². The second kappa shape index (κ2) is 7.48. The Balaban J connectivity index is 1.45. The van der Waals surface area contributed by atoms with Crippen LogP contribution in [0.25, 0.3) is 0 Å². The molecule has 1 N–H and O–H groups in total. The van der Waals surface area contributed by atoms with Crippen LogP contribution in [0, 0.1) is 13.8 Å². The Bertz CT molecular complexity index is 985. The summed E-state index contributed by atoms with van der Waals surface area (Å²) in [5, 5.41) is 17.0. The van der Waals surface area contributed by atoms with Crippen molar-refractivity contribution < 1.29 is 9.32 Å². The van der Waals surface area contributed by atoms with Crippen molar-refractivity contribution in [1.82, 2.24) is 30.1 Å². The Hall–Kier alpha value is -2.52. The Morgan fingerprint density at radius 1 is 1.43 bits per heavy atom. The largest absolute Gasteiger partial charge is 0.361 e. The summed E-state index contributed by atoms with van der Waals surface area (Å²) in [5.41, 5.74) is 4.07. The maximum Gasteiger partial charge on any atom is 0.252 e. The fourth-order valence-electron chi connectivity index (χ4n) is 3.68. The summed E-state index contributed by atoms with van der Waals surface area (Å²) in [4.78, 5) is 16.5. The van der Waals surface area contributed by atoms with Gasteiger partial charge in [-0.2, -0.15) is 0 Å². The van der Waals surface area contributed by atoms with E-state index in [4.69, 9.17) is 4.52 Å². The van der Waals surface area contributed by atoms with Crippen LogP contribution in [0.2, 0.25) is 0 Å². The van der Waals surface area contributed by atoms with Crippen LogP contribution in [0.15, 0.2) is 16.2 Å². The highest BCUT2D eigenvalue weighted by Gasteiger charge is 2.26. The van der Waals surface area contributed by atoms with Crippen LogP contribution in [-0.2, 0) is 26.6 Å². The van der Waals surface area contributed by atoms with Gasteiger partial charge in [-0.15, -0.1) is 21.5 Å². The van der Waals surface area contributed by atoms with Gasteiger partial charge in [0.05, 0.1) is 17.3 Å². The minimum Gasteiger partial charge on any atom is -0.361 e. The van der Waals surface area contributed by atoms with Crippen molar-refractivity contribution in [2.24, 2.45) is 7.05 Å². The summed E-state index contributed by atoms with van der Waals surface area (Å²) >= 11 is 1.66. The Morgan fingerprint density at radius 2 is 2.25 bits per heavy atom. The number of amides is 1. The van der Waals surface area contributed by atoms with Crippen molar-refractivity contribution in [3.8, 4) is 0 Å². The van der Waals surface area contributed by atoms with Crippen LogP contribution in [0.1, 0.15) is 56.6 Å². The lowest BCUT2D eigenvalue weighted by Gasteiger charge is -2.27. The molecule has 1 amide bonds. The number of aromatic nitrogens is 4. The molecule has 4 heterocycles. The highest BCUT2D eigenvalue weighted by molar-refractivity contribution is 7.10. The zero-order valence-corrected chi connectivity index (χ0v) is 17.3. The van der Waals surface area contributed by atoms with Crippen molar-refractivity contribution in [2.75, 3.05) is 6.54 Å². The lowest BCUT2D eigenvalue weighted by molar-refractivity contribution is 0.0936. The molecule has 0 radical (unpaired) electrons. The quantitative estimate of drug-likeness (QED) is 0.708. The predicted molar refractivity (Wildman–Crippen MR) is 105 cm³/mol. The molecule has 0 aliphatic carbocycles. The smallest absolute Gasteiger partial charge is 0.252 e. The van der Waals surface area contributed by atoms with Gasteiger partial charge in [0.15, 0.2) is 5.82 Å². The van der Waals surface area contributed by atoms with Gasteiger partial charge in [0.2, 0.25) is 0 Å². The zero-order chi connectivity index (χ0) is 19.8. The van der Waals surface area contributed by atoms with E-state index in [0.29, 0.717) is 0 Å². The molecule has 0 bridgehead atoms. The number of fused-ring (bicyclic) bond motifs is 1. The van der Waals surface area contributed by atoms with Crippen molar-refractivity contribution >= 4 is 17.2 Å². The van der Waals surface area contributed by atoms with Crippen LogP contribution in [0.4, 0.5) is 0 Å². The van der Waals surface area contributed by atoms with E-state index in [1.54, 1.807) is 17.7 Å². The normalized spacial score (nSPS) is 15.4. The van der Waals surface area contributed by atoms with E-state index in [-0.39, 0.29) is 11.9 Å². The molecule has 1 atom stereocenters. The fraction of sp³-hybridized carbons (Fsp3) is 0.474. The minimum absolute atomic E-state index is 0.0489. The van der Waals surface area contributed by atoms with Crippen molar-refractivity contribution in [1.29, 1.82) is 0 Å². The summed E-state index contributed by atoms with van der Waals surface area (Å²) < 4.78 is 7.10.